The number of fused-ring (bicyclic) bond motifs is 2. The molecule has 3 aliphatic rings. The van der Waals surface area contributed by atoms with Crippen LogP contribution in [-0.4, -0.2) is 6.29 Å². The van der Waals surface area contributed by atoms with E-state index in [-0.39, 0.29) is 0 Å². The first-order valence-corrected chi connectivity index (χ1v) is 4.61. The van der Waals surface area contributed by atoms with E-state index in [1.807, 2.05) is 0 Å². The second kappa shape index (κ2) is 2.09. The fourth-order valence-electron chi connectivity index (χ4n) is 3.03. The molecule has 0 aromatic rings. The number of rotatable bonds is 1. The number of carbonyl (C=O) groups excluding carboxylic acids is 1. The molecule has 0 saturated heterocycles. The molecular weight excluding hydrogens is 136 g/mol. The molecular formula is C10H16O. The van der Waals surface area contributed by atoms with Crippen LogP contribution in [0.3, 0.4) is 0 Å². The zero-order valence-corrected chi connectivity index (χ0v) is 7.34. The van der Waals surface area contributed by atoms with Crippen LogP contribution in [0.15, 0.2) is 0 Å². The zero-order valence-electron chi connectivity index (χ0n) is 7.34. The van der Waals surface area contributed by atoms with Gasteiger partial charge in [0.2, 0.25) is 0 Å². The zero-order chi connectivity index (χ0) is 8.06. The van der Waals surface area contributed by atoms with Crippen molar-refractivity contribution in [2.45, 2.75) is 33.1 Å². The highest BCUT2D eigenvalue weighted by Crippen LogP contribution is 2.60. The van der Waals surface area contributed by atoms with Gasteiger partial charge in [0.25, 0.3) is 0 Å². The summed E-state index contributed by atoms with van der Waals surface area (Å²) in [4.78, 5) is 10.7. The van der Waals surface area contributed by atoms with Gasteiger partial charge in [-0.05, 0) is 36.5 Å². The molecule has 62 valence electrons. The normalized spacial score (nSPS) is 46.2. The van der Waals surface area contributed by atoms with Gasteiger partial charge in [-0.15, -0.1) is 0 Å². The molecule has 0 heterocycles. The van der Waals surface area contributed by atoms with Gasteiger partial charge in [-0.1, -0.05) is 13.8 Å². The summed E-state index contributed by atoms with van der Waals surface area (Å²) in [5, 5.41) is 0. The molecule has 0 N–H and O–H groups in total. The summed E-state index contributed by atoms with van der Waals surface area (Å²) in [6.07, 6.45) is 4.94. The predicted octanol–water partition coefficient (Wildman–Crippen LogP) is 2.26. The lowest BCUT2D eigenvalue weighted by Crippen LogP contribution is -2.52. The summed E-state index contributed by atoms with van der Waals surface area (Å²) < 4.78 is 0. The number of hydrogen-bond donors (Lipinski definition) is 0. The second-order valence-corrected chi connectivity index (χ2v) is 4.74. The number of aldehydes is 1. The lowest BCUT2D eigenvalue weighted by molar-refractivity contribution is -0.134. The first-order chi connectivity index (χ1) is 5.16. The Bertz CT molecular complexity index is 181. The second-order valence-electron chi connectivity index (χ2n) is 4.74. The van der Waals surface area contributed by atoms with E-state index >= 15 is 0 Å². The Labute approximate surface area is 68.2 Å². The quantitative estimate of drug-likeness (QED) is 0.527. The van der Waals surface area contributed by atoms with E-state index in [1.54, 1.807) is 0 Å². The van der Waals surface area contributed by atoms with Crippen LogP contribution < -0.4 is 0 Å². The molecule has 0 spiro atoms. The third-order valence-electron chi connectivity index (χ3n) is 4.09. The molecule has 3 fully saturated rings. The van der Waals surface area contributed by atoms with Crippen molar-refractivity contribution in [3.8, 4) is 0 Å². The maximum atomic E-state index is 10.7. The molecule has 3 aliphatic carbocycles. The number of hydrogen-bond acceptors (Lipinski definition) is 1. The lowest BCUT2D eigenvalue weighted by Gasteiger charge is -2.59. The molecule has 1 nitrogen and oxygen atoms in total. The average molecular weight is 152 g/mol. The monoisotopic (exact) mass is 152 g/mol. The summed E-state index contributed by atoms with van der Waals surface area (Å²) >= 11 is 0. The summed E-state index contributed by atoms with van der Waals surface area (Å²) in [5.41, 5.74) is 0.476. The molecule has 0 radical (unpaired) electrons. The molecule has 0 aliphatic heterocycles. The Balaban J connectivity index is 2.16. The van der Waals surface area contributed by atoms with E-state index in [0.29, 0.717) is 17.3 Å². The van der Waals surface area contributed by atoms with E-state index < -0.39 is 0 Å². The van der Waals surface area contributed by atoms with Gasteiger partial charge in [0.05, 0.1) is 0 Å². The van der Waals surface area contributed by atoms with Gasteiger partial charge in [-0.2, -0.15) is 0 Å². The smallest absolute Gasteiger partial charge is 0.123 e. The third-order valence-corrected chi connectivity index (χ3v) is 4.09. The molecule has 2 bridgehead atoms. The molecule has 0 unspecified atom stereocenters. The van der Waals surface area contributed by atoms with Crippen molar-refractivity contribution < 1.29 is 4.79 Å². The van der Waals surface area contributed by atoms with Crippen LogP contribution in [0.1, 0.15) is 33.1 Å². The van der Waals surface area contributed by atoms with Gasteiger partial charge in [0, 0.05) is 5.92 Å². The van der Waals surface area contributed by atoms with E-state index in [0.717, 1.165) is 12.3 Å². The summed E-state index contributed by atoms with van der Waals surface area (Å²) in [6.45, 7) is 4.64. The minimum atomic E-state index is 0.384. The Kier molecular flexibility index (Phi) is 1.39. The molecule has 3 atom stereocenters. The SMILES string of the molecule is CC1(C)[C@H]2CC[C@H](C=O)[C@@H]1C2. The fraction of sp³-hybridized carbons (Fsp3) is 0.900. The van der Waals surface area contributed by atoms with Crippen molar-refractivity contribution in [3.63, 3.8) is 0 Å². The molecule has 0 aromatic heterocycles. The van der Waals surface area contributed by atoms with Crippen LogP contribution in [-0.2, 0) is 4.79 Å². The van der Waals surface area contributed by atoms with Crippen LogP contribution in [0.2, 0.25) is 0 Å². The van der Waals surface area contributed by atoms with Gasteiger partial charge in [-0.25, -0.2) is 0 Å². The minimum Gasteiger partial charge on any atom is -0.303 e. The van der Waals surface area contributed by atoms with Crippen LogP contribution in [0.25, 0.3) is 0 Å². The molecule has 11 heavy (non-hydrogen) atoms. The highest BCUT2D eigenvalue weighted by molar-refractivity contribution is 5.55. The Morgan fingerprint density at radius 1 is 1.36 bits per heavy atom. The molecule has 3 saturated carbocycles. The first kappa shape index (κ1) is 7.33. The van der Waals surface area contributed by atoms with E-state index in [4.69, 9.17) is 0 Å². The van der Waals surface area contributed by atoms with Crippen LogP contribution in [0.4, 0.5) is 0 Å². The molecule has 0 amide bonds. The van der Waals surface area contributed by atoms with Crippen molar-refractivity contribution >= 4 is 6.29 Å². The fourth-order valence-corrected chi connectivity index (χ4v) is 3.03. The van der Waals surface area contributed by atoms with Gasteiger partial charge in [0.15, 0.2) is 0 Å². The topological polar surface area (TPSA) is 17.1 Å². The third kappa shape index (κ3) is 0.800. The average Bonchev–Trinajstić information content (AvgIpc) is 2.04. The summed E-state index contributed by atoms with van der Waals surface area (Å²) in [5.74, 6) is 2.01. The Morgan fingerprint density at radius 2 is 2.09 bits per heavy atom. The minimum absolute atomic E-state index is 0.384. The van der Waals surface area contributed by atoms with Crippen molar-refractivity contribution in [3.05, 3.63) is 0 Å². The van der Waals surface area contributed by atoms with Gasteiger partial charge >= 0.3 is 0 Å². The van der Waals surface area contributed by atoms with E-state index in [2.05, 4.69) is 13.8 Å². The first-order valence-electron chi connectivity index (χ1n) is 4.61. The highest BCUT2D eigenvalue weighted by Gasteiger charge is 2.53. The van der Waals surface area contributed by atoms with E-state index in [1.165, 1.54) is 19.1 Å². The van der Waals surface area contributed by atoms with Crippen molar-refractivity contribution in [2.75, 3.05) is 0 Å². The number of carbonyl (C=O) groups is 1. The van der Waals surface area contributed by atoms with Crippen molar-refractivity contribution in [1.29, 1.82) is 0 Å². The van der Waals surface area contributed by atoms with E-state index in [9.17, 15) is 4.79 Å². The summed E-state index contributed by atoms with van der Waals surface area (Å²) in [6, 6.07) is 0. The van der Waals surface area contributed by atoms with Gasteiger partial charge in [-0.3, -0.25) is 0 Å². The molecule has 3 rings (SSSR count). The largest absolute Gasteiger partial charge is 0.303 e. The molecule has 0 aromatic carbocycles. The van der Waals surface area contributed by atoms with Crippen LogP contribution >= 0.6 is 0 Å². The summed E-state index contributed by atoms with van der Waals surface area (Å²) in [7, 11) is 0. The van der Waals surface area contributed by atoms with Crippen molar-refractivity contribution in [2.24, 2.45) is 23.2 Å². The highest BCUT2D eigenvalue weighted by atomic mass is 16.1. The Morgan fingerprint density at radius 3 is 2.45 bits per heavy atom. The van der Waals surface area contributed by atoms with Gasteiger partial charge < -0.3 is 4.79 Å². The standard InChI is InChI=1S/C10H16O/c1-10(2)8-4-3-7(6-11)9(10)5-8/h6-9H,3-5H2,1-2H3/t7-,8+,9+/m1/s1. The van der Waals surface area contributed by atoms with Crippen molar-refractivity contribution in [1.82, 2.24) is 0 Å². The van der Waals surface area contributed by atoms with Crippen LogP contribution in [0.5, 0.6) is 0 Å². The van der Waals surface area contributed by atoms with Crippen LogP contribution in [0, 0.1) is 23.2 Å². The Hall–Kier alpha value is -0.330. The lowest BCUT2D eigenvalue weighted by atomic mass is 9.46. The molecule has 1 heteroatoms. The predicted molar refractivity (Wildman–Crippen MR) is 44.2 cm³/mol. The maximum Gasteiger partial charge on any atom is 0.123 e. The van der Waals surface area contributed by atoms with Gasteiger partial charge in [0.1, 0.15) is 6.29 Å². The maximum absolute atomic E-state index is 10.7.